The fourth-order valence-electron chi connectivity index (χ4n) is 5.39. The van der Waals surface area contributed by atoms with Gasteiger partial charge in [-0.25, -0.2) is 4.98 Å². The Morgan fingerprint density at radius 3 is 2.49 bits per heavy atom. The molecule has 2 unspecified atom stereocenters. The third-order valence-corrected chi connectivity index (χ3v) is 7.16. The molecule has 2 aliphatic rings. The minimum Gasteiger partial charge on any atom is -0.496 e. The van der Waals surface area contributed by atoms with Crippen molar-refractivity contribution in [3.8, 4) is 5.75 Å². The van der Waals surface area contributed by atoms with Crippen molar-refractivity contribution in [1.29, 1.82) is 0 Å². The van der Waals surface area contributed by atoms with Gasteiger partial charge in [0.25, 0.3) is 11.8 Å². The number of nitrogens with one attached hydrogen (secondary N) is 2. The second-order valence-corrected chi connectivity index (χ2v) is 9.88. The Morgan fingerprint density at radius 2 is 1.86 bits per heavy atom. The quantitative estimate of drug-likeness (QED) is 0.538. The first kappa shape index (κ1) is 25.0. The lowest BCUT2D eigenvalue weighted by Gasteiger charge is -2.40. The van der Waals surface area contributed by atoms with Gasteiger partial charge in [-0.15, -0.1) is 0 Å². The maximum atomic E-state index is 13.0. The second kappa shape index (κ2) is 11.1. The number of methoxy groups -OCH3 is 1. The predicted molar refractivity (Wildman–Crippen MR) is 137 cm³/mol. The Kier molecular flexibility index (Phi) is 7.90. The number of pyridine rings is 1. The lowest BCUT2D eigenvalue weighted by molar-refractivity contribution is 0.0923. The second-order valence-electron chi connectivity index (χ2n) is 9.88. The number of rotatable bonds is 9. The topological polar surface area (TPSA) is 86.8 Å². The lowest BCUT2D eigenvalue weighted by atomic mass is 9.96. The van der Waals surface area contributed by atoms with Crippen molar-refractivity contribution in [3.63, 3.8) is 0 Å². The van der Waals surface area contributed by atoms with Crippen LogP contribution in [0.1, 0.15) is 58.4 Å². The molecule has 2 N–H and O–H groups in total. The van der Waals surface area contributed by atoms with Crippen LogP contribution >= 0.6 is 0 Å². The van der Waals surface area contributed by atoms with Gasteiger partial charge in [0, 0.05) is 42.0 Å². The Morgan fingerprint density at radius 1 is 1.11 bits per heavy atom. The van der Waals surface area contributed by atoms with Crippen molar-refractivity contribution in [2.24, 2.45) is 0 Å². The number of piperidine rings is 1. The lowest BCUT2D eigenvalue weighted by Crippen LogP contribution is -2.50. The largest absolute Gasteiger partial charge is 0.496 e. The van der Waals surface area contributed by atoms with Crippen LogP contribution in [0.25, 0.3) is 0 Å². The summed E-state index contributed by atoms with van der Waals surface area (Å²) >= 11 is 0. The molecule has 0 saturated carbocycles. The molecule has 35 heavy (non-hydrogen) atoms. The number of hydrogen-bond acceptors (Lipinski definition) is 6. The SMILES string of the molecule is COc1cccc(C(=O)NC2CC3CCC(C2)N3c2ccc(C(=O)NCCCN(C)C)cn2)c1C. The van der Waals surface area contributed by atoms with Crippen LogP contribution in [0.2, 0.25) is 0 Å². The predicted octanol–water partition coefficient (Wildman–Crippen LogP) is 3.01. The molecule has 188 valence electrons. The van der Waals surface area contributed by atoms with Gasteiger partial charge in [-0.1, -0.05) is 6.07 Å². The van der Waals surface area contributed by atoms with E-state index in [0.29, 0.717) is 29.8 Å². The smallest absolute Gasteiger partial charge is 0.252 e. The molecule has 1 aromatic heterocycles. The van der Waals surface area contributed by atoms with E-state index in [1.54, 1.807) is 13.3 Å². The maximum absolute atomic E-state index is 13.0. The number of nitrogens with zero attached hydrogens (tertiary/aromatic N) is 3. The van der Waals surface area contributed by atoms with E-state index >= 15 is 0 Å². The molecule has 8 heteroatoms. The number of benzene rings is 1. The molecule has 2 amide bonds. The molecule has 2 aliphatic heterocycles. The number of aromatic nitrogens is 1. The fourth-order valence-corrected chi connectivity index (χ4v) is 5.39. The van der Waals surface area contributed by atoms with Crippen molar-refractivity contribution in [2.75, 3.05) is 39.2 Å². The highest BCUT2D eigenvalue weighted by molar-refractivity contribution is 5.96. The van der Waals surface area contributed by atoms with E-state index < -0.39 is 0 Å². The Hall–Kier alpha value is -3.13. The van der Waals surface area contributed by atoms with Crippen LogP contribution < -0.4 is 20.3 Å². The van der Waals surface area contributed by atoms with Crippen LogP contribution in [0.3, 0.4) is 0 Å². The number of carbonyl (C=O) groups is 2. The Balaban J connectivity index is 1.34. The number of fused-ring (bicyclic) bond motifs is 2. The van der Waals surface area contributed by atoms with Crippen LogP contribution in [0.4, 0.5) is 5.82 Å². The summed E-state index contributed by atoms with van der Waals surface area (Å²) in [4.78, 5) is 34.5. The molecular formula is C27H37N5O3. The first-order valence-electron chi connectivity index (χ1n) is 12.5. The zero-order chi connectivity index (χ0) is 24.9. The minimum atomic E-state index is -0.0833. The summed E-state index contributed by atoms with van der Waals surface area (Å²) in [6.07, 6.45) is 6.55. The van der Waals surface area contributed by atoms with E-state index in [1.807, 2.05) is 51.4 Å². The summed E-state index contributed by atoms with van der Waals surface area (Å²) in [6.45, 7) is 3.51. The van der Waals surface area contributed by atoms with Gasteiger partial charge in [0.1, 0.15) is 11.6 Å². The molecule has 3 heterocycles. The Bertz CT molecular complexity index is 1030. The average molecular weight is 480 g/mol. The Labute approximate surface area is 208 Å². The summed E-state index contributed by atoms with van der Waals surface area (Å²) in [7, 11) is 5.67. The van der Waals surface area contributed by atoms with Crippen molar-refractivity contribution >= 4 is 17.6 Å². The zero-order valence-electron chi connectivity index (χ0n) is 21.2. The number of ether oxygens (including phenoxy) is 1. The first-order chi connectivity index (χ1) is 16.9. The third-order valence-electron chi connectivity index (χ3n) is 7.16. The van der Waals surface area contributed by atoms with E-state index in [-0.39, 0.29) is 17.9 Å². The molecule has 0 radical (unpaired) electrons. The molecule has 0 aliphatic carbocycles. The van der Waals surface area contributed by atoms with E-state index in [2.05, 4.69) is 25.4 Å². The van der Waals surface area contributed by atoms with E-state index in [0.717, 1.165) is 55.8 Å². The van der Waals surface area contributed by atoms with Gasteiger partial charge < -0.3 is 25.2 Å². The molecule has 4 rings (SSSR count). The van der Waals surface area contributed by atoms with E-state index in [4.69, 9.17) is 4.74 Å². The van der Waals surface area contributed by atoms with Gasteiger partial charge in [0.15, 0.2) is 0 Å². The minimum absolute atomic E-state index is 0.0432. The van der Waals surface area contributed by atoms with Crippen molar-refractivity contribution in [2.45, 2.75) is 57.2 Å². The number of hydrogen-bond donors (Lipinski definition) is 2. The summed E-state index contributed by atoms with van der Waals surface area (Å²) in [5, 5.41) is 6.22. The van der Waals surface area contributed by atoms with Crippen LogP contribution in [0.15, 0.2) is 36.5 Å². The van der Waals surface area contributed by atoms with Crippen molar-refractivity contribution < 1.29 is 14.3 Å². The fraction of sp³-hybridized carbons (Fsp3) is 0.519. The van der Waals surface area contributed by atoms with Crippen LogP contribution in [-0.4, -0.2) is 74.1 Å². The highest BCUT2D eigenvalue weighted by Gasteiger charge is 2.41. The van der Waals surface area contributed by atoms with E-state index in [9.17, 15) is 9.59 Å². The summed E-state index contributed by atoms with van der Waals surface area (Å²) in [5.74, 6) is 1.51. The molecule has 2 bridgehead atoms. The molecule has 8 nitrogen and oxygen atoms in total. The standard InChI is InChI=1S/C27H37N5O3/c1-18-23(7-5-8-24(18)35-4)27(34)30-20-15-21-10-11-22(16-20)32(21)25-12-9-19(17-29-25)26(33)28-13-6-14-31(2)3/h5,7-9,12,17,20-22H,6,10-11,13-16H2,1-4H3,(H,28,33)(H,30,34). The molecule has 2 saturated heterocycles. The normalized spacial score (nSPS) is 21.2. The summed E-state index contributed by atoms with van der Waals surface area (Å²) in [5.41, 5.74) is 2.11. The van der Waals surface area contributed by atoms with E-state index in [1.165, 1.54) is 0 Å². The molecule has 2 atom stereocenters. The molecule has 1 aromatic carbocycles. The maximum Gasteiger partial charge on any atom is 0.252 e. The third kappa shape index (κ3) is 5.75. The molecular weight excluding hydrogens is 442 g/mol. The van der Waals surface area contributed by atoms with Crippen LogP contribution in [0.5, 0.6) is 5.75 Å². The van der Waals surface area contributed by atoms with Gasteiger partial charge in [-0.05, 0) is 83.9 Å². The van der Waals surface area contributed by atoms with Gasteiger partial charge in [-0.3, -0.25) is 9.59 Å². The number of anilines is 1. The van der Waals surface area contributed by atoms with Gasteiger partial charge in [0.2, 0.25) is 0 Å². The molecule has 0 spiro atoms. The summed E-state index contributed by atoms with van der Waals surface area (Å²) in [6, 6.07) is 10.2. The summed E-state index contributed by atoms with van der Waals surface area (Å²) < 4.78 is 5.37. The van der Waals surface area contributed by atoms with Crippen LogP contribution in [0, 0.1) is 6.92 Å². The molecule has 2 aromatic rings. The average Bonchev–Trinajstić information content (AvgIpc) is 3.11. The zero-order valence-corrected chi connectivity index (χ0v) is 21.2. The van der Waals surface area contributed by atoms with Gasteiger partial charge in [-0.2, -0.15) is 0 Å². The van der Waals surface area contributed by atoms with Crippen LogP contribution in [-0.2, 0) is 0 Å². The monoisotopic (exact) mass is 479 g/mol. The van der Waals surface area contributed by atoms with Crippen molar-refractivity contribution in [1.82, 2.24) is 20.5 Å². The van der Waals surface area contributed by atoms with Crippen molar-refractivity contribution in [3.05, 3.63) is 53.2 Å². The van der Waals surface area contributed by atoms with Gasteiger partial charge >= 0.3 is 0 Å². The highest BCUT2D eigenvalue weighted by Crippen LogP contribution is 2.38. The number of amides is 2. The number of carbonyl (C=O) groups excluding carboxylic acids is 2. The van der Waals surface area contributed by atoms with Gasteiger partial charge in [0.05, 0.1) is 12.7 Å². The highest BCUT2D eigenvalue weighted by atomic mass is 16.5. The first-order valence-corrected chi connectivity index (χ1v) is 12.5. The molecule has 2 fully saturated rings.